The summed E-state index contributed by atoms with van der Waals surface area (Å²) in [5, 5.41) is 3.03. The van der Waals surface area contributed by atoms with Gasteiger partial charge in [-0.05, 0) is 18.9 Å². The lowest BCUT2D eigenvalue weighted by Gasteiger charge is -2.20. The molecule has 0 aliphatic heterocycles. The zero-order valence-corrected chi connectivity index (χ0v) is 11.1. The Bertz CT molecular complexity index is 445. The van der Waals surface area contributed by atoms with Crippen molar-refractivity contribution in [2.24, 2.45) is 5.73 Å². The molecule has 2 amide bonds. The number of rotatable bonds is 3. The Morgan fingerprint density at radius 2 is 1.79 bits per heavy atom. The molecule has 1 aliphatic rings. The van der Waals surface area contributed by atoms with E-state index >= 15 is 0 Å². The highest BCUT2D eigenvalue weighted by Crippen LogP contribution is 2.17. The third-order valence-electron chi connectivity index (χ3n) is 3.65. The first-order valence-electron chi connectivity index (χ1n) is 6.96. The van der Waals surface area contributed by atoms with Crippen LogP contribution in [0.1, 0.15) is 65.8 Å². The van der Waals surface area contributed by atoms with Crippen LogP contribution in [0, 0.1) is 0 Å². The molecule has 0 bridgehead atoms. The van der Waals surface area contributed by atoms with Gasteiger partial charge in [-0.25, -0.2) is 0 Å². The number of carbonyl (C=O) groups excluding carboxylic acids is 2. The van der Waals surface area contributed by atoms with Gasteiger partial charge < -0.3 is 16.0 Å². The van der Waals surface area contributed by atoms with Crippen LogP contribution in [0.5, 0.6) is 0 Å². The van der Waals surface area contributed by atoms with E-state index in [9.17, 15) is 9.59 Å². The lowest BCUT2D eigenvalue weighted by molar-refractivity contribution is 0.0925. The van der Waals surface area contributed by atoms with Gasteiger partial charge in [-0.1, -0.05) is 32.1 Å². The maximum atomic E-state index is 12.1. The van der Waals surface area contributed by atoms with Crippen molar-refractivity contribution in [2.75, 3.05) is 0 Å². The van der Waals surface area contributed by atoms with Crippen molar-refractivity contribution in [3.05, 3.63) is 23.5 Å². The number of carbonyl (C=O) groups is 2. The zero-order chi connectivity index (χ0) is 13.7. The second-order valence-corrected chi connectivity index (χ2v) is 5.18. The number of hydrogen-bond acceptors (Lipinski definition) is 2. The predicted molar refractivity (Wildman–Crippen MR) is 72.9 cm³/mol. The fourth-order valence-electron chi connectivity index (χ4n) is 2.53. The van der Waals surface area contributed by atoms with E-state index in [-0.39, 0.29) is 11.9 Å². The molecular formula is C14H21N3O2. The van der Waals surface area contributed by atoms with Crippen LogP contribution >= 0.6 is 0 Å². The van der Waals surface area contributed by atoms with E-state index in [1.165, 1.54) is 44.4 Å². The molecule has 0 unspecified atom stereocenters. The molecule has 0 radical (unpaired) electrons. The standard InChI is InChI=1S/C14H21N3O2/c15-13(18)10-8-12(16-9-10)14(19)17-11-6-4-2-1-3-5-7-11/h8-9,11,16H,1-7H2,(H2,15,18)(H,17,19). The van der Waals surface area contributed by atoms with E-state index in [4.69, 9.17) is 5.73 Å². The van der Waals surface area contributed by atoms with Crippen molar-refractivity contribution < 1.29 is 9.59 Å². The molecule has 1 saturated carbocycles. The Morgan fingerprint density at radius 1 is 1.16 bits per heavy atom. The quantitative estimate of drug-likeness (QED) is 0.778. The van der Waals surface area contributed by atoms with Crippen LogP contribution in [-0.4, -0.2) is 22.8 Å². The minimum absolute atomic E-state index is 0.155. The Balaban J connectivity index is 1.93. The number of nitrogens with two attached hydrogens (primary N) is 1. The molecule has 0 atom stereocenters. The molecule has 1 fully saturated rings. The van der Waals surface area contributed by atoms with Crippen LogP contribution in [0.4, 0.5) is 0 Å². The van der Waals surface area contributed by atoms with Gasteiger partial charge >= 0.3 is 0 Å². The van der Waals surface area contributed by atoms with Gasteiger partial charge in [0.25, 0.3) is 5.91 Å². The number of aromatic amines is 1. The van der Waals surface area contributed by atoms with Crippen LogP contribution in [0.2, 0.25) is 0 Å². The molecule has 19 heavy (non-hydrogen) atoms. The molecular weight excluding hydrogens is 242 g/mol. The molecule has 5 nitrogen and oxygen atoms in total. The number of primary amides is 1. The van der Waals surface area contributed by atoms with Crippen LogP contribution in [0.15, 0.2) is 12.3 Å². The molecule has 0 spiro atoms. The van der Waals surface area contributed by atoms with Gasteiger partial charge in [0, 0.05) is 12.2 Å². The first-order chi connectivity index (χ1) is 9.16. The van der Waals surface area contributed by atoms with Crippen molar-refractivity contribution in [3.63, 3.8) is 0 Å². The summed E-state index contributed by atoms with van der Waals surface area (Å²) in [5.74, 6) is -0.681. The summed E-state index contributed by atoms with van der Waals surface area (Å²) < 4.78 is 0. The van der Waals surface area contributed by atoms with Gasteiger partial charge in [0.1, 0.15) is 5.69 Å². The number of hydrogen-bond donors (Lipinski definition) is 3. The number of aromatic nitrogens is 1. The normalized spacial score (nSPS) is 17.5. The Labute approximate surface area is 112 Å². The summed E-state index contributed by atoms with van der Waals surface area (Å²) in [5.41, 5.74) is 5.89. The summed E-state index contributed by atoms with van der Waals surface area (Å²) in [6.45, 7) is 0. The average Bonchev–Trinajstić information content (AvgIpc) is 2.82. The maximum Gasteiger partial charge on any atom is 0.267 e. The van der Waals surface area contributed by atoms with Gasteiger partial charge in [0.05, 0.1) is 5.56 Å². The topological polar surface area (TPSA) is 88.0 Å². The monoisotopic (exact) mass is 263 g/mol. The number of amides is 2. The smallest absolute Gasteiger partial charge is 0.267 e. The summed E-state index contributed by atoms with van der Waals surface area (Å²) in [7, 11) is 0. The van der Waals surface area contributed by atoms with Crippen molar-refractivity contribution in [1.29, 1.82) is 0 Å². The third kappa shape index (κ3) is 3.84. The van der Waals surface area contributed by atoms with Crippen molar-refractivity contribution in [3.8, 4) is 0 Å². The fourth-order valence-corrected chi connectivity index (χ4v) is 2.53. The second-order valence-electron chi connectivity index (χ2n) is 5.18. The molecule has 0 saturated heterocycles. The largest absolute Gasteiger partial charge is 0.366 e. The number of H-pyrrole nitrogens is 1. The third-order valence-corrected chi connectivity index (χ3v) is 3.65. The molecule has 1 aromatic heterocycles. The van der Waals surface area contributed by atoms with Gasteiger partial charge in [0.2, 0.25) is 5.91 Å². The number of nitrogens with one attached hydrogen (secondary N) is 2. The van der Waals surface area contributed by atoms with Gasteiger partial charge in [0.15, 0.2) is 0 Å². The Hall–Kier alpha value is -1.78. The van der Waals surface area contributed by atoms with Crippen molar-refractivity contribution in [1.82, 2.24) is 10.3 Å². The molecule has 2 rings (SSSR count). The first kappa shape index (κ1) is 13.6. The minimum Gasteiger partial charge on any atom is -0.366 e. The lowest BCUT2D eigenvalue weighted by atomic mass is 9.96. The second kappa shape index (κ2) is 6.41. The minimum atomic E-state index is -0.527. The van der Waals surface area contributed by atoms with Crippen LogP contribution in [0.25, 0.3) is 0 Å². The average molecular weight is 263 g/mol. The van der Waals surface area contributed by atoms with E-state index in [1.807, 2.05) is 0 Å². The highest BCUT2D eigenvalue weighted by Gasteiger charge is 2.16. The van der Waals surface area contributed by atoms with Gasteiger partial charge in [-0.15, -0.1) is 0 Å². The first-order valence-corrected chi connectivity index (χ1v) is 6.96. The highest BCUT2D eigenvalue weighted by molar-refractivity contribution is 5.98. The summed E-state index contributed by atoms with van der Waals surface area (Å²) in [6.07, 6.45) is 9.69. The van der Waals surface area contributed by atoms with E-state index in [2.05, 4.69) is 10.3 Å². The van der Waals surface area contributed by atoms with Crippen LogP contribution in [-0.2, 0) is 0 Å². The molecule has 1 aliphatic carbocycles. The molecule has 5 heteroatoms. The Morgan fingerprint density at radius 3 is 2.37 bits per heavy atom. The van der Waals surface area contributed by atoms with E-state index in [0.717, 1.165) is 12.8 Å². The highest BCUT2D eigenvalue weighted by atomic mass is 16.2. The van der Waals surface area contributed by atoms with E-state index < -0.39 is 5.91 Å². The molecule has 104 valence electrons. The zero-order valence-electron chi connectivity index (χ0n) is 11.1. The van der Waals surface area contributed by atoms with Crippen LogP contribution < -0.4 is 11.1 Å². The van der Waals surface area contributed by atoms with E-state index in [0.29, 0.717) is 11.3 Å². The predicted octanol–water partition coefficient (Wildman–Crippen LogP) is 1.96. The lowest BCUT2D eigenvalue weighted by Crippen LogP contribution is -2.35. The fraction of sp³-hybridized carbons (Fsp3) is 0.571. The molecule has 0 aromatic carbocycles. The molecule has 4 N–H and O–H groups in total. The maximum absolute atomic E-state index is 12.1. The Kier molecular flexibility index (Phi) is 4.60. The molecule has 1 heterocycles. The van der Waals surface area contributed by atoms with Crippen molar-refractivity contribution in [2.45, 2.75) is 51.0 Å². The van der Waals surface area contributed by atoms with Gasteiger partial charge in [-0.2, -0.15) is 0 Å². The SMILES string of the molecule is NC(=O)c1c[nH]c(C(=O)NC2CCCCCCC2)c1. The summed E-state index contributed by atoms with van der Waals surface area (Å²) >= 11 is 0. The summed E-state index contributed by atoms with van der Waals surface area (Å²) in [6, 6.07) is 1.74. The van der Waals surface area contributed by atoms with Crippen LogP contribution in [0.3, 0.4) is 0 Å². The van der Waals surface area contributed by atoms with E-state index in [1.54, 1.807) is 0 Å². The van der Waals surface area contributed by atoms with Crippen molar-refractivity contribution >= 4 is 11.8 Å². The summed E-state index contributed by atoms with van der Waals surface area (Å²) in [4.78, 5) is 25.8. The van der Waals surface area contributed by atoms with Gasteiger partial charge in [-0.3, -0.25) is 9.59 Å². The molecule has 1 aromatic rings.